The van der Waals surface area contributed by atoms with Crippen molar-refractivity contribution in [2.24, 2.45) is 5.41 Å². The molecule has 0 bridgehead atoms. The van der Waals surface area contributed by atoms with Crippen molar-refractivity contribution in [2.75, 3.05) is 0 Å². The monoisotopic (exact) mass is 248 g/mol. The third-order valence-electron chi connectivity index (χ3n) is 3.19. The van der Waals surface area contributed by atoms with E-state index in [4.69, 9.17) is 6.42 Å². The number of amides is 1. The summed E-state index contributed by atoms with van der Waals surface area (Å²) in [4.78, 5) is 12.3. The van der Waals surface area contributed by atoms with Crippen LogP contribution in [0.5, 0.6) is 0 Å². The van der Waals surface area contributed by atoms with E-state index in [0.717, 1.165) is 19.3 Å². The summed E-state index contributed by atoms with van der Waals surface area (Å²) >= 11 is 0. The molecule has 0 aliphatic heterocycles. The van der Waals surface area contributed by atoms with Crippen molar-refractivity contribution in [3.63, 3.8) is 0 Å². The minimum atomic E-state index is -0.883. The third-order valence-corrected chi connectivity index (χ3v) is 3.19. The average molecular weight is 248 g/mol. The molecule has 0 saturated carbocycles. The molecule has 100 valence electrons. The lowest BCUT2D eigenvalue weighted by Gasteiger charge is -2.27. The zero-order valence-corrected chi connectivity index (χ0v) is 11.8. The van der Waals surface area contributed by atoms with Gasteiger partial charge in [0.05, 0.1) is 6.07 Å². The van der Waals surface area contributed by atoms with Crippen LogP contribution in [0.2, 0.25) is 0 Å². The van der Waals surface area contributed by atoms with Crippen LogP contribution in [-0.2, 0) is 4.79 Å². The quantitative estimate of drug-likeness (QED) is 0.671. The van der Waals surface area contributed by atoms with Gasteiger partial charge in [0, 0.05) is 12.5 Å². The highest BCUT2D eigenvalue weighted by atomic mass is 16.2. The van der Waals surface area contributed by atoms with Gasteiger partial charge in [0.25, 0.3) is 0 Å². The minimum absolute atomic E-state index is 0.0241. The molecule has 1 atom stereocenters. The Bertz CT molecular complexity index is 329. The Hall–Kier alpha value is -1.48. The lowest BCUT2D eigenvalue weighted by Crippen LogP contribution is -2.44. The normalized spacial score (nSPS) is 12.3. The van der Waals surface area contributed by atoms with Crippen molar-refractivity contribution in [3.8, 4) is 18.4 Å². The molecule has 1 unspecified atom stereocenters. The lowest BCUT2D eigenvalue weighted by molar-refractivity contribution is -0.129. The van der Waals surface area contributed by atoms with Gasteiger partial charge in [-0.05, 0) is 19.3 Å². The van der Waals surface area contributed by atoms with Gasteiger partial charge in [0.1, 0.15) is 5.41 Å². The van der Waals surface area contributed by atoms with Crippen molar-refractivity contribution in [1.82, 2.24) is 5.32 Å². The van der Waals surface area contributed by atoms with Gasteiger partial charge in [0.15, 0.2) is 0 Å². The summed E-state index contributed by atoms with van der Waals surface area (Å²) in [6, 6.07) is 2.20. The highest BCUT2D eigenvalue weighted by Crippen LogP contribution is 2.29. The number of nitriles is 1. The van der Waals surface area contributed by atoms with Crippen molar-refractivity contribution < 1.29 is 4.79 Å². The predicted octanol–water partition coefficient (Wildman–Crippen LogP) is 3.01. The van der Waals surface area contributed by atoms with E-state index in [-0.39, 0.29) is 11.9 Å². The van der Waals surface area contributed by atoms with Crippen LogP contribution < -0.4 is 5.32 Å². The van der Waals surface area contributed by atoms with Gasteiger partial charge in [-0.1, -0.05) is 33.6 Å². The number of hydrogen-bond acceptors (Lipinski definition) is 2. The second-order valence-corrected chi connectivity index (χ2v) is 4.68. The largest absolute Gasteiger partial charge is 0.351 e. The van der Waals surface area contributed by atoms with Gasteiger partial charge in [0.2, 0.25) is 5.91 Å². The zero-order valence-electron chi connectivity index (χ0n) is 11.8. The van der Waals surface area contributed by atoms with Gasteiger partial charge < -0.3 is 5.32 Å². The van der Waals surface area contributed by atoms with Crippen LogP contribution in [0, 0.1) is 29.1 Å². The number of nitrogens with one attached hydrogen (secondary N) is 1. The first-order valence-corrected chi connectivity index (χ1v) is 6.75. The second kappa shape index (κ2) is 8.59. The van der Waals surface area contributed by atoms with Crippen LogP contribution in [0.3, 0.4) is 0 Å². The number of hydrogen-bond donors (Lipinski definition) is 1. The van der Waals surface area contributed by atoms with Gasteiger partial charge in [-0.3, -0.25) is 4.79 Å². The van der Waals surface area contributed by atoms with E-state index in [0.29, 0.717) is 19.3 Å². The first-order chi connectivity index (χ1) is 8.60. The van der Waals surface area contributed by atoms with Gasteiger partial charge in [-0.2, -0.15) is 5.26 Å². The van der Waals surface area contributed by atoms with E-state index in [1.165, 1.54) is 0 Å². The van der Waals surface area contributed by atoms with Gasteiger partial charge in [-0.25, -0.2) is 0 Å². The molecule has 0 heterocycles. The molecule has 0 radical (unpaired) electrons. The molecule has 3 heteroatoms. The summed E-state index contributed by atoms with van der Waals surface area (Å²) in [5.41, 5.74) is -0.883. The Kier molecular flexibility index (Phi) is 7.88. The van der Waals surface area contributed by atoms with Crippen LogP contribution in [0.25, 0.3) is 0 Å². The molecule has 3 nitrogen and oxygen atoms in total. The Labute approximate surface area is 111 Å². The molecule has 1 amide bonds. The number of carbonyl (C=O) groups is 1. The molecule has 0 fully saturated rings. The topological polar surface area (TPSA) is 52.9 Å². The van der Waals surface area contributed by atoms with E-state index in [1.54, 1.807) is 0 Å². The molecule has 1 N–H and O–H groups in total. The maximum absolute atomic E-state index is 12.3. The summed E-state index contributed by atoms with van der Waals surface area (Å²) in [7, 11) is 0. The zero-order chi connectivity index (χ0) is 14.0. The minimum Gasteiger partial charge on any atom is -0.351 e. The van der Waals surface area contributed by atoms with Crippen molar-refractivity contribution >= 4 is 5.91 Å². The summed E-state index contributed by atoms with van der Waals surface area (Å²) in [6.45, 7) is 5.97. The maximum Gasteiger partial charge on any atom is 0.240 e. The number of carbonyl (C=O) groups excluding carboxylic acids is 1. The molecule has 0 rings (SSSR count). The maximum atomic E-state index is 12.3. The Morgan fingerprint density at radius 1 is 1.33 bits per heavy atom. The van der Waals surface area contributed by atoms with Gasteiger partial charge >= 0.3 is 0 Å². The van der Waals surface area contributed by atoms with E-state index in [9.17, 15) is 10.1 Å². The third kappa shape index (κ3) is 4.41. The fourth-order valence-corrected chi connectivity index (χ4v) is 2.13. The van der Waals surface area contributed by atoms with Crippen LogP contribution in [0.1, 0.15) is 59.3 Å². The second-order valence-electron chi connectivity index (χ2n) is 4.68. The molecule has 0 spiro atoms. The first kappa shape index (κ1) is 16.5. The van der Waals surface area contributed by atoms with Crippen molar-refractivity contribution in [3.05, 3.63) is 0 Å². The molecule has 0 aromatic carbocycles. The summed E-state index contributed by atoms with van der Waals surface area (Å²) in [5.74, 6) is 2.40. The predicted molar refractivity (Wildman–Crippen MR) is 73.5 cm³/mol. The van der Waals surface area contributed by atoms with Crippen LogP contribution in [0.4, 0.5) is 0 Å². The van der Waals surface area contributed by atoms with Crippen LogP contribution in [-0.4, -0.2) is 11.9 Å². The molecule has 0 aromatic heterocycles. The Morgan fingerprint density at radius 3 is 2.22 bits per heavy atom. The summed E-state index contributed by atoms with van der Waals surface area (Å²) < 4.78 is 0. The molecule has 0 saturated heterocycles. The lowest BCUT2D eigenvalue weighted by atomic mass is 9.79. The fourth-order valence-electron chi connectivity index (χ4n) is 2.13. The van der Waals surface area contributed by atoms with E-state index >= 15 is 0 Å². The molecular weight excluding hydrogens is 224 g/mol. The first-order valence-electron chi connectivity index (χ1n) is 6.75. The Balaban J connectivity index is 4.86. The van der Waals surface area contributed by atoms with Gasteiger partial charge in [-0.15, -0.1) is 12.3 Å². The molecule has 18 heavy (non-hydrogen) atoms. The molecular formula is C15H24N2O. The molecule has 0 aliphatic carbocycles. The van der Waals surface area contributed by atoms with Crippen LogP contribution >= 0.6 is 0 Å². The highest BCUT2D eigenvalue weighted by Gasteiger charge is 2.37. The summed E-state index contributed by atoms with van der Waals surface area (Å²) in [6.07, 6.45) is 9.44. The fraction of sp³-hybridized carbons (Fsp3) is 0.733. The van der Waals surface area contributed by atoms with Crippen molar-refractivity contribution in [1.29, 1.82) is 5.26 Å². The smallest absolute Gasteiger partial charge is 0.240 e. The number of rotatable bonds is 8. The molecule has 0 aliphatic rings. The highest BCUT2D eigenvalue weighted by molar-refractivity contribution is 5.85. The number of terminal acetylenes is 1. The molecule has 0 aromatic rings. The van der Waals surface area contributed by atoms with E-state index < -0.39 is 5.41 Å². The summed E-state index contributed by atoms with van der Waals surface area (Å²) in [5, 5.41) is 12.3. The average Bonchev–Trinajstić information content (AvgIpc) is 2.37. The number of nitrogens with zero attached hydrogens (tertiary/aromatic N) is 1. The van der Waals surface area contributed by atoms with Crippen molar-refractivity contribution in [2.45, 2.75) is 65.3 Å². The SMILES string of the molecule is C#CCC(CC)NC(=O)C(C#N)(CCC)CCC. The van der Waals surface area contributed by atoms with Crippen LogP contribution in [0.15, 0.2) is 0 Å². The standard InChI is InChI=1S/C15H24N2O/c1-5-9-13(8-4)17-14(18)15(12-16,10-6-2)11-7-3/h1,13H,6-11H2,2-4H3,(H,17,18). The Morgan fingerprint density at radius 2 is 1.89 bits per heavy atom. The van der Waals surface area contributed by atoms with E-state index in [1.807, 2.05) is 20.8 Å². The van der Waals surface area contributed by atoms with E-state index in [2.05, 4.69) is 17.3 Å².